The number of hydrogen-bond donors (Lipinski definition) is 3. The van der Waals surface area contributed by atoms with Crippen LogP contribution in [-0.2, 0) is 4.74 Å². The normalized spacial score (nSPS) is 21.9. The molecule has 1 aromatic rings. The first kappa shape index (κ1) is 15.9. The van der Waals surface area contributed by atoms with Gasteiger partial charge in [0.2, 0.25) is 0 Å². The molecule has 0 radical (unpaired) electrons. The number of nitrogen functional groups attached to an aromatic ring is 1. The van der Waals surface area contributed by atoms with Crippen LogP contribution < -0.4 is 15.8 Å². The van der Waals surface area contributed by atoms with Crippen molar-refractivity contribution < 1.29 is 19.4 Å². The highest BCUT2D eigenvalue weighted by Crippen LogP contribution is 2.29. The largest absolute Gasteiger partial charge is 0.496 e. The second-order valence-electron chi connectivity index (χ2n) is 4.99. The van der Waals surface area contributed by atoms with Crippen molar-refractivity contribution in [1.82, 2.24) is 5.32 Å². The number of methoxy groups -OCH3 is 1. The fourth-order valence-corrected chi connectivity index (χ4v) is 2.41. The van der Waals surface area contributed by atoms with E-state index in [4.69, 9.17) is 26.8 Å². The summed E-state index contributed by atoms with van der Waals surface area (Å²) in [7, 11) is 1.44. The van der Waals surface area contributed by atoms with Gasteiger partial charge in [-0.3, -0.25) is 0 Å². The lowest BCUT2D eigenvalue weighted by Gasteiger charge is -2.27. The van der Waals surface area contributed by atoms with Crippen molar-refractivity contribution in [2.45, 2.75) is 12.5 Å². The van der Waals surface area contributed by atoms with Crippen LogP contribution in [0.5, 0.6) is 5.75 Å². The number of ether oxygens (including phenoxy) is 2. The summed E-state index contributed by atoms with van der Waals surface area (Å²) in [6, 6.07) is 2.91. The Bertz CT molecular complexity index is 524. The monoisotopic (exact) mass is 314 g/mol. The number of benzene rings is 1. The first-order chi connectivity index (χ1) is 10.0. The molecular formula is C14H19ClN2O4. The standard InChI is InChI=1S/C14H19ClN2O4/c1-20-13-5-11(16)10(15)4-9(13)14(19)21-7-8-2-3-17-6-12(8)18/h4-5,8,12,17-18H,2-3,6-7,16H2,1H3. The summed E-state index contributed by atoms with van der Waals surface area (Å²) < 4.78 is 10.4. The molecule has 0 bridgehead atoms. The van der Waals surface area contributed by atoms with E-state index in [0.29, 0.717) is 18.0 Å². The smallest absolute Gasteiger partial charge is 0.341 e. The van der Waals surface area contributed by atoms with Gasteiger partial charge in [-0.25, -0.2) is 4.79 Å². The van der Waals surface area contributed by atoms with Gasteiger partial charge in [0.15, 0.2) is 0 Å². The van der Waals surface area contributed by atoms with Gasteiger partial charge in [-0.05, 0) is 19.0 Å². The molecule has 4 N–H and O–H groups in total. The second-order valence-corrected chi connectivity index (χ2v) is 5.40. The fourth-order valence-electron chi connectivity index (χ4n) is 2.25. The van der Waals surface area contributed by atoms with Crippen LogP contribution in [0.1, 0.15) is 16.8 Å². The van der Waals surface area contributed by atoms with Gasteiger partial charge in [-0.15, -0.1) is 0 Å². The van der Waals surface area contributed by atoms with Crippen LogP contribution in [0.2, 0.25) is 5.02 Å². The molecule has 1 aliphatic heterocycles. The lowest BCUT2D eigenvalue weighted by Crippen LogP contribution is -2.42. The van der Waals surface area contributed by atoms with E-state index in [9.17, 15) is 9.90 Å². The van der Waals surface area contributed by atoms with E-state index < -0.39 is 12.1 Å². The van der Waals surface area contributed by atoms with Crippen LogP contribution in [-0.4, -0.2) is 44.0 Å². The highest BCUT2D eigenvalue weighted by atomic mass is 35.5. The molecule has 1 aromatic carbocycles. The Kier molecular flexibility index (Phi) is 5.27. The summed E-state index contributed by atoms with van der Waals surface area (Å²) >= 11 is 5.92. The third-order valence-electron chi connectivity index (χ3n) is 3.56. The van der Waals surface area contributed by atoms with Crippen LogP contribution in [0.3, 0.4) is 0 Å². The lowest BCUT2D eigenvalue weighted by atomic mass is 9.96. The van der Waals surface area contributed by atoms with Crippen LogP contribution in [0.4, 0.5) is 5.69 Å². The predicted molar refractivity (Wildman–Crippen MR) is 79.7 cm³/mol. The lowest BCUT2D eigenvalue weighted by molar-refractivity contribution is 0.0135. The number of anilines is 1. The van der Waals surface area contributed by atoms with Crippen molar-refractivity contribution in [2.24, 2.45) is 5.92 Å². The van der Waals surface area contributed by atoms with Gasteiger partial charge in [0.1, 0.15) is 11.3 Å². The highest BCUT2D eigenvalue weighted by molar-refractivity contribution is 6.33. The molecule has 0 aromatic heterocycles. The zero-order valence-corrected chi connectivity index (χ0v) is 12.5. The Labute approximate surface area is 128 Å². The minimum Gasteiger partial charge on any atom is -0.496 e. The number of β-amino-alcohol motifs (C(OH)–C–C–N with tert-alkyl or cyclic N) is 1. The molecule has 21 heavy (non-hydrogen) atoms. The van der Waals surface area contributed by atoms with E-state index in [1.165, 1.54) is 19.2 Å². The first-order valence-corrected chi connectivity index (χ1v) is 7.09. The molecule has 6 nitrogen and oxygen atoms in total. The number of nitrogens with one attached hydrogen (secondary N) is 1. The molecular weight excluding hydrogens is 296 g/mol. The minimum absolute atomic E-state index is 0.0644. The predicted octanol–water partition coefficient (Wildman–Crippen LogP) is 1.06. The number of hydrogen-bond acceptors (Lipinski definition) is 6. The number of esters is 1. The third kappa shape index (κ3) is 3.78. The van der Waals surface area contributed by atoms with Crippen LogP contribution in [0.25, 0.3) is 0 Å². The van der Waals surface area contributed by atoms with Crippen molar-refractivity contribution in [2.75, 3.05) is 32.5 Å². The summed E-state index contributed by atoms with van der Waals surface area (Å²) in [4.78, 5) is 12.1. The number of carbonyl (C=O) groups is 1. The Morgan fingerprint density at radius 2 is 2.33 bits per heavy atom. The summed E-state index contributed by atoms with van der Waals surface area (Å²) in [5.74, 6) is -0.294. The Hall–Kier alpha value is -1.50. The van der Waals surface area contributed by atoms with Crippen LogP contribution >= 0.6 is 11.6 Å². The van der Waals surface area contributed by atoms with Gasteiger partial charge in [-0.2, -0.15) is 0 Å². The number of nitrogens with two attached hydrogens (primary N) is 1. The Balaban J connectivity index is 2.04. The van der Waals surface area contributed by atoms with E-state index in [1.54, 1.807) is 0 Å². The number of piperidine rings is 1. The van der Waals surface area contributed by atoms with Gasteiger partial charge < -0.3 is 25.6 Å². The highest BCUT2D eigenvalue weighted by Gasteiger charge is 2.25. The molecule has 0 aliphatic carbocycles. The second kappa shape index (κ2) is 6.98. The first-order valence-electron chi connectivity index (χ1n) is 6.72. The Morgan fingerprint density at radius 1 is 1.57 bits per heavy atom. The molecule has 7 heteroatoms. The van der Waals surface area contributed by atoms with Crippen LogP contribution in [0, 0.1) is 5.92 Å². The van der Waals surface area contributed by atoms with Crippen LogP contribution in [0.15, 0.2) is 12.1 Å². The number of aliphatic hydroxyl groups excluding tert-OH is 1. The molecule has 2 unspecified atom stereocenters. The van der Waals surface area contributed by atoms with E-state index in [1.807, 2.05) is 0 Å². The van der Waals surface area contributed by atoms with Crippen molar-refractivity contribution in [3.63, 3.8) is 0 Å². The molecule has 1 aliphatic rings. The maximum Gasteiger partial charge on any atom is 0.341 e. The number of halogens is 1. The number of carbonyl (C=O) groups excluding carboxylic acids is 1. The van der Waals surface area contributed by atoms with E-state index in [2.05, 4.69) is 5.32 Å². The van der Waals surface area contributed by atoms with Gasteiger partial charge in [0, 0.05) is 18.5 Å². The number of aliphatic hydroxyl groups is 1. The van der Waals surface area contributed by atoms with Crippen molar-refractivity contribution in [3.05, 3.63) is 22.7 Å². The van der Waals surface area contributed by atoms with Crippen molar-refractivity contribution in [3.8, 4) is 5.75 Å². The van der Waals surface area contributed by atoms with Gasteiger partial charge >= 0.3 is 5.97 Å². The SMILES string of the molecule is COc1cc(N)c(Cl)cc1C(=O)OCC1CCNCC1O. The summed E-state index contributed by atoms with van der Waals surface area (Å²) in [6.45, 7) is 1.47. The molecule has 0 spiro atoms. The molecule has 1 heterocycles. The summed E-state index contributed by atoms with van der Waals surface area (Å²) in [6.07, 6.45) is 0.247. The zero-order chi connectivity index (χ0) is 15.4. The Morgan fingerprint density at radius 3 is 3.00 bits per heavy atom. The molecule has 0 saturated carbocycles. The number of rotatable bonds is 4. The van der Waals surface area contributed by atoms with Gasteiger partial charge in [0.25, 0.3) is 0 Å². The third-order valence-corrected chi connectivity index (χ3v) is 3.88. The molecule has 2 rings (SSSR count). The molecule has 116 valence electrons. The summed E-state index contributed by atoms with van der Waals surface area (Å²) in [5.41, 5.74) is 6.22. The van der Waals surface area contributed by atoms with Crippen molar-refractivity contribution >= 4 is 23.3 Å². The molecule has 2 atom stereocenters. The van der Waals surface area contributed by atoms with E-state index in [0.717, 1.165) is 13.0 Å². The molecule has 0 amide bonds. The summed E-state index contributed by atoms with van der Waals surface area (Å²) in [5, 5.41) is 13.2. The van der Waals surface area contributed by atoms with Gasteiger partial charge in [0.05, 0.1) is 30.5 Å². The average Bonchev–Trinajstić information content (AvgIpc) is 2.48. The van der Waals surface area contributed by atoms with E-state index in [-0.39, 0.29) is 23.1 Å². The molecule has 1 fully saturated rings. The molecule has 1 saturated heterocycles. The quantitative estimate of drug-likeness (QED) is 0.568. The fraction of sp³-hybridized carbons (Fsp3) is 0.500. The van der Waals surface area contributed by atoms with Crippen molar-refractivity contribution in [1.29, 1.82) is 0 Å². The maximum absolute atomic E-state index is 12.1. The zero-order valence-electron chi connectivity index (χ0n) is 11.8. The van der Waals surface area contributed by atoms with Gasteiger partial charge in [-0.1, -0.05) is 11.6 Å². The average molecular weight is 315 g/mol. The van der Waals surface area contributed by atoms with E-state index >= 15 is 0 Å². The minimum atomic E-state index is -0.542. The maximum atomic E-state index is 12.1. The topological polar surface area (TPSA) is 93.8 Å².